The van der Waals surface area contributed by atoms with Gasteiger partial charge in [0.25, 0.3) is 5.91 Å². The van der Waals surface area contributed by atoms with Crippen molar-refractivity contribution in [1.82, 2.24) is 20.9 Å². The van der Waals surface area contributed by atoms with E-state index in [1.165, 1.54) is 0 Å². The van der Waals surface area contributed by atoms with Crippen LogP contribution in [0.3, 0.4) is 0 Å². The number of halogens is 2. The first-order valence-corrected chi connectivity index (χ1v) is 8.49. The Hall–Kier alpha value is -2.06. The van der Waals surface area contributed by atoms with Gasteiger partial charge in [-0.15, -0.1) is 0 Å². The highest BCUT2D eigenvalue weighted by atomic mass is 19.1. The van der Waals surface area contributed by atoms with E-state index in [0.29, 0.717) is 19.0 Å². The zero-order chi connectivity index (χ0) is 18.1. The zero-order valence-corrected chi connectivity index (χ0v) is 14.1. The Kier molecular flexibility index (Phi) is 7.75. The molecule has 1 fully saturated rings. The number of nitrogens with zero attached hydrogens (tertiary/aromatic N) is 1. The minimum absolute atomic E-state index is 0.0719. The van der Waals surface area contributed by atoms with E-state index in [-0.39, 0.29) is 24.4 Å². The number of amides is 2. The number of benzene rings is 1. The van der Waals surface area contributed by atoms with Gasteiger partial charge >= 0.3 is 0 Å². The molecule has 8 heteroatoms. The predicted molar refractivity (Wildman–Crippen MR) is 90.2 cm³/mol. The monoisotopic (exact) mass is 354 g/mol. The topological polar surface area (TPSA) is 73.5 Å². The molecule has 0 saturated carbocycles. The Bertz CT molecular complexity index is 592. The van der Waals surface area contributed by atoms with Gasteiger partial charge in [0.15, 0.2) is 0 Å². The van der Waals surface area contributed by atoms with E-state index in [1.54, 1.807) is 0 Å². The summed E-state index contributed by atoms with van der Waals surface area (Å²) in [5.41, 5.74) is -0.207. The molecule has 2 rings (SSSR count). The highest BCUT2D eigenvalue weighted by Gasteiger charge is 2.12. The molecular formula is C17H24F2N4O2. The number of piperazine rings is 1. The lowest BCUT2D eigenvalue weighted by atomic mass is 10.2. The van der Waals surface area contributed by atoms with Crippen LogP contribution >= 0.6 is 0 Å². The molecule has 0 bridgehead atoms. The molecule has 0 unspecified atom stereocenters. The van der Waals surface area contributed by atoms with Crippen LogP contribution in [0.4, 0.5) is 8.78 Å². The molecule has 0 spiro atoms. The van der Waals surface area contributed by atoms with Crippen LogP contribution in [0.15, 0.2) is 18.2 Å². The second-order valence-corrected chi connectivity index (χ2v) is 5.93. The molecule has 1 aromatic rings. The second kappa shape index (κ2) is 10.0. The van der Waals surface area contributed by atoms with E-state index in [4.69, 9.17) is 0 Å². The fraction of sp³-hybridized carbons (Fsp3) is 0.529. The van der Waals surface area contributed by atoms with Crippen molar-refractivity contribution in [1.29, 1.82) is 0 Å². The van der Waals surface area contributed by atoms with Crippen molar-refractivity contribution in [2.75, 3.05) is 45.8 Å². The van der Waals surface area contributed by atoms with Crippen LogP contribution in [0, 0.1) is 11.6 Å². The highest BCUT2D eigenvalue weighted by Crippen LogP contribution is 2.09. The van der Waals surface area contributed by atoms with Gasteiger partial charge in [-0.1, -0.05) is 0 Å². The van der Waals surface area contributed by atoms with Gasteiger partial charge in [-0.2, -0.15) is 0 Å². The van der Waals surface area contributed by atoms with Crippen molar-refractivity contribution in [3.8, 4) is 0 Å². The Balaban J connectivity index is 1.57. The molecule has 0 atom stereocenters. The van der Waals surface area contributed by atoms with Crippen molar-refractivity contribution in [2.45, 2.75) is 12.8 Å². The summed E-state index contributed by atoms with van der Waals surface area (Å²) in [6.07, 6.45) is 0.738. The Morgan fingerprint density at radius 3 is 2.60 bits per heavy atom. The first kappa shape index (κ1) is 19.3. The molecule has 1 heterocycles. The minimum Gasteiger partial charge on any atom is -0.355 e. The van der Waals surface area contributed by atoms with Crippen LogP contribution in [0.1, 0.15) is 23.2 Å². The zero-order valence-electron chi connectivity index (χ0n) is 14.1. The van der Waals surface area contributed by atoms with Crippen molar-refractivity contribution in [2.24, 2.45) is 0 Å². The van der Waals surface area contributed by atoms with Gasteiger partial charge in [0.1, 0.15) is 11.6 Å². The maximum absolute atomic E-state index is 13.5. The average molecular weight is 354 g/mol. The van der Waals surface area contributed by atoms with Crippen LogP contribution < -0.4 is 16.0 Å². The van der Waals surface area contributed by atoms with Crippen molar-refractivity contribution in [3.63, 3.8) is 0 Å². The molecule has 0 aromatic heterocycles. The summed E-state index contributed by atoms with van der Waals surface area (Å²) in [5, 5.41) is 8.65. The third-order valence-corrected chi connectivity index (χ3v) is 4.00. The van der Waals surface area contributed by atoms with Gasteiger partial charge in [-0.25, -0.2) is 8.78 Å². The normalized spacial score (nSPS) is 15.0. The molecular weight excluding hydrogens is 330 g/mol. The van der Waals surface area contributed by atoms with E-state index in [9.17, 15) is 18.4 Å². The van der Waals surface area contributed by atoms with Gasteiger partial charge in [-0.3, -0.25) is 14.5 Å². The Morgan fingerprint density at radius 2 is 1.88 bits per heavy atom. The van der Waals surface area contributed by atoms with Gasteiger partial charge < -0.3 is 16.0 Å². The first-order chi connectivity index (χ1) is 12.1. The number of hydrogen-bond donors (Lipinski definition) is 3. The summed E-state index contributed by atoms with van der Waals surface area (Å²) >= 11 is 0. The molecule has 1 aliphatic heterocycles. The van der Waals surface area contributed by atoms with E-state index >= 15 is 0 Å². The standard InChI is InChI=1S/C17H24F2N4O2/c18-13-3-4-14(15(19)12-13)17(25)22-5-1-2-16(24)21-8-11-23-9-6-20-7-10-23/h3-4,12,20H,1-2,5-11H2,(H,21,24)(H,22,25). The first-order valence-electron chi connectivity index (χ1n) is 8.49. The smallest absolute Gasteiger partial charge is 0.254 e. The van der Waals surface area contributed by atoms with Gasteiger partial charge in [0.2, 0.25) is 5.91 Å². The number of carbonyl (C=O) groups is 2. The maximum Gasteiger partial charge on any atom is 0.254 e. The lowest BCUT2D eigenvalue weighted by molar-refractivity contribution is -0.121. The van der Waals surface area contributed by atoms with Crippen LogP contribution in [0.25, 0.3) is 0 Å². The largest absolute Gasteiger partial charge is 0.355 e. The van der Waals surface area contributed by atoms with E-state index < -0.39 is 17.5 Å². The van der Waals surface area contributed by atoms with E-state index in [1.807, 2.05) is 0 Å². The minimum atomic E-state index is -0.900. The Morgan fingerprint density at radius 1 is 1.12 bits per heavy atom. The summed E-state index contributed by atoms with van der Waals surface area (Å²) in [4.78, 5) is 25.8. The molecule has 2 amide bonds. The summed E-state index contributed by atoms with van der Waals surface area (Å²) in [6, 6.07) is 2.80. The van der Waals surface area contributed by atoms with E-state index in [0.717, 1.165) is 44.9 Å². The summed E-state index contributed by atoms with van der Waals surface area (Å²) in [5.74, 6) is -2.32. The third-order valence-electron chi connectivity index (χ3n) is 4.00. The van der Waals surface area contributed by atoms with Crippen LogP contribution in [-0.2, 0) is 4.79 Å². The average Bonchev–Trinajstić information content (AvgIpc) is 2.59. The van der Waals surface area contributed by atoms with Crippen LogP contribution in [0.2, 0.25) is 0 Å². The van der Waals surface area contributed by atoms with Crippen molar-refractivity contribution < 1.29 is 18.4 Å². The third kappa shape index (κ3) is 6.75. The maximum atomic E-state index is 13.5. The number of hydrogen-bond acceptors (Lipinski definition) is 4. The van der Waals surface area contributed by atoms with Crippen LogP contribution in [0.5, 0.6) is 0 Å². The number of carbonyl (C=O) groups excluding carboxylic acids is 2. The molecule has 3 N–H and O–H groups in total. The fourth-order valence-corrected chi connectivity index (χ4v) is 2.60. The van der Waals surface area contributed by atoms with Crippen molar-refractivity contribution in [3.05, 3.63) is 35.4 Å². The molecule has 0 radical (unpaired) electrons. The molecule has 1 saturated heterocycles. The van der Waals surface area contributed by atoms with Gasteiger partial charge in [0.05, 0.1) is 5.56 Å². The highest BCUT2D eigenvalue weighted by molar-refractivity contribution is 5.94. The SMILES string of the molecule is O=C(CCCNC(=O)c1ccc(F)cc1F)NCCN1CCNCC1. The molecule has 1 aliphatic rings. The predicted octanol–water partition coefficient (Wildman–Crippen LogP) is 0.496. The Labute approximate surface area is 146 Å². The molecule has 6 nitrogen and oxygen atoms in total. The molecule has 1 aromatic carbocycles. The second-order valence-electron chi connectivity index (χ2n) is 5.93. The molecule has 138 valence electrons. The fourth-order valence-electron chi connectivity index (χ4n) is 2.60. The lowest BCUT2D eigenvalue weighted by Gasteiger charge is -2.27. The van der Waals surface area contributed by atoms with Gasteiger partial charge in [0, 0.05) is 58.3 Å². The van der Waals surface area contributed by atoms with Crippen molar-refractivity contribution >= 4 is 11.8 Å². The molecule has 25 heavy (non-hydrogen) atoms. The van der Waals surface area contributed by atoms with Crippen LogP contribution in [-0.4, -0.2) is 62.5 Å². The van der Waals surface area contributed by atoms with E-state index in [2.05, 4.69) is 20.9 Å². The lowest BCUT2D eigenvalue weighted by Crippen LogP contribution is -2.46. The van der Waals surface area contributed by atoms with Gasteiger partial charge in [-0.05, 0) is 18.6 Å². The number of rotatable bonds is 8. The summed E-state index contributed by atoms with van der Waals surface area (Å²) < 4.78 is 26.3. The summed E-state index contributed by atoms with van der Waals surface area (Å²) in [7, 11) is 0. The number of nitrogens with one attached hydrogen (secondary N) is 3. The molecule has 0 aliphatic carbocycles. The quantitative estimate of drug-likeness (QED) is 0.595. The summed E-state index contributed by atoms with van der Waals surface area (Å²) in [6.45, 7) is 5.61.